The van der Waals surface area contributed by atoms with Gasteiger partial charge in [-0.3, -0.25) is 0 Å². The first-order valence-corrected chi connectivity index (χ1v) is 6.90. The maximum absolute atomic E-state index is 9.85. The van der Waals surface area contributed by atoms with Gasteiger partial charge in [-0.05, 0) is 44.5 Å². The van der Waals surface area contributed by atoms with Crippen molar-refractivity contribution in [2.24, 2.45) is 0 Å². The number of hydrogen-bond acceptors (Lipinski definition) is 4. The highest BCUT2D eigenvalue weighted by Gasteiger charge is 2.10. The molecule has 1 unspecified atom stereocenters. The third-order valence-electron chi connectivity index (χ3n) is 3.24. The van der Waals surface area contributed by atoms with Gasteiger partial charge in [-0.1, -0.05) is 12.8 Å². The van der Waals surface area contributed by atoms with Crippen LogP contribution in [0.5, 0.6) is 11.5 Å². The Morgan fingerprint density at radius 2 is 1.95 bits per heavy atom. The maximum atomic E-state index is 9.85. The van der Waals surface area contributed by atoms with E-state index in [2.05, 4.69) is 5.32 Å². The van der Waals surface area contributed by atoms with Gasteiger partial charge >= 0.3 is 0 Å². The Morgan fingerprint density at radius 3 is 2.63 bits per heavy atom. The van der Waals surface area contributed by atoms with Crippen molar-refractivity contribution in [1.82, 2.24) is 5.32 Å². The van der Waals surface area contributed by atoms with Crippen LogP contribution in [-0.2, 0) is 0 Å². The van der Waals surface area contributed by atoms with Gasteiger partial charge in [-0.2, -0.15) is 0 Å². The van der Waals surface area contributed by atoms with Gasteiger partial charge in [0.1, 0.15) is 11.5 Å². The molecule has 1 rings (SSSR count). The Balaban J connectivity index is 2.38. The van der Waals surface area contributed by atoms with Crippen LogP contribution in [0.25, 0.3) is 0 Å². The van der Waals surface area contributed by atoms with E-state index in [1.165, 1.54) is 0 Å². The van der Waals surface area contributed by atoms with Gasteiger partial charge in [0.15, 0.2) is 0 Å². The fraction of sp³-hybridized carbons (Fsp3) is 0.600. The summed E-state index contributed by atoms with van der Waals surface area (Å²) in [6.07, 6.45) is 4.14. The number of aliphatic hydroxyl groups is 1. The van der Waals surface area contributed by atoms with Crippen molar-refractivity contribution in [2.75, 3.05) is 20.3 Å². The lowest BCUT2D eigenvalue weighted by molar-refractivity contribution is 0.282. The van der Waals surface area contributed by atoms with Crippen molar-refractivity contribution in [3.63, 3.8) is 0 Å². The summed E-state index contributed by atoms with van der Waals surface area (Å²) >= 11 is 0. The Morgan fingerprint density at radius 1 is 1.21 bits per heavy atom. The monoisotopic (exact) mass is 267 g/mol. The molecule has 0 amide bonds. The molecule has 0 saturated heterocycles. The molecule has 0 aliphatic rings. The standard InChI is InChI=1S/C15H25NO3/c1-12(16-9-5-3-4-6-10-17)14-11-13(19-2)7-8-15(14)18/h7-8,11-12,16-18H,3-6,9-10H2,1-2H3. The molecule has 1 aromatic carbocycles. The number of unbranched alkanes of at least 4 members (excludes halogenated alkanes) is 3. The van der Waals surface area contributed by atoms with Crippen molar-refractivity contribution in [3.8, 4) is 11.5 Å². The molecule has 0 aliphatic carbocycles. The largest absolute Gasteiger partial charge is 0.508 e. The number of hydrogen-bond donors (Lipinski definition) is 3. The number of nitrogens with one attached hydrogen (secondary N) is 1. The van der Waals surface area contributed by atoms with Crippen LogP contribution in [0, 0.1) is 0 Å². The molecule has 0 fully saturated rings. The molecule has 0 aliphatic heterocycles. The van der Waals surface area contributed by atoms with Gasteiger partial charge in [0.2, 0.25) is 0 Å². The predicted molar refractivity (Wildman–Crippen MR) is 76.6 cm³/mol. The fourth-order valence-electron chi connectivity index (χ4n) is 2.03. The molecule has 0 radical (unpaired) electrons. The lowest BCUT2D eigenvalue weighted by atomic mass is 10.1. The third-order valence-corrected chi connectivity index (χ3v) is 3.24. The molecule has 1 atom stereocenters. The van der Waals surface area contributed by atoms with E-state index in [0.29, 0.717) is 5.75 Å². The summed E-state index contributed by atoms with van der Waals surface area (Å²) in [6, 6.07) is 5.36. The number of benzene rings is 1. The van der Waals surface area contributed by atoms with Gasteiger partial charge in [0.25, 0.3) is 0 Å². The number of phenolic OH excluding ortho intramolecular Hbond substituents is 1. The van der Waals surface area contributed by atoms with E-state index in [0.717, 1.165) is 43.5 Å². The van der Waals surface area contributed by atoms with Crippen LogP contribution in [0.3, 0.4) is 0 Å². The van der Waals surface area contributed by atoms with Gasteiger partial charge in [-0.25, -0.2) is 0 Å². The van der Waals surface area contributed by atoms with Gasteiger partial charge in [-0.15, -0.1) is 0 Å². The smallest absolute Gasteiger partial charge is 0.120 e. The Bertz CT molecular complexity index is 368. The molecule has 4 heteroatoms. The third kappa shape index (κ3) is 5.49. The Kier molecular flexibility index (Phi) is 7.30. The number of rotatable bonds is 9. The van der Waals surface area contributed by atoms with Crippen LogP contribution in [0.1, 0.15) is 44.2 Å². The zero-order valence-electron chi connectivity index (χ0n) is 11.9. The quantitative estimate of drug-likeness (QED) is 0.602. The molecule has 4 nitrogen and oxygen atoms in total. The van der Waals surface area contributed by atoms with Gasteiger partial charge in [0.05, 0.1) is 7.11 Å². The van der Waals surface area contributed by atoms with E-state index in [1.807, 2.05) is 13.0 Å². The summed E-state index contributed by atoms with van der Waals surface area (Å²) in [5, 5.41) is 21.9. The molecule has 0 bridgehead atoms. The van der Waals surface area contributed by atoms with E-state index in [4.69, 9.17) is 9.84 Å². The molecular formula is C15H25NO3. The number of aliphatic hydroxyl groups excluding tert-OH is 1. The molecule has 0 heterocycles. The second kappa shape index (κ2) is 8.77. The highest BCUT2D eigenvalue weighted by molar-refractivity contribution is 5.41. The molecule has 0 spiro atoms. The highest BCUT2D eigenvalue weighted by atomic mass is 16.5. The summed E-state index contributed by atoms with van der Waals surface area (Å²) in [7, 11) is 1.62. The van der Waals surface area contributed by atoms with Crippen molar-refractivity contribution in [2.45, 2.75) is 38.6 Å². The van der Waals surface area contributed by atoms with Crippen molar-refractivity contribution < 1.29 is 14.9 Å². The summed E-state index contributed by atoms with van der Waals surface area (Å²) in [5.41, 5.74) is 0.856. The number of aromatic hydroxyl groups is 1. The maximum Gasteiger partial charge on any atom is 0.120 e. The number of phenols is 1. The van der Waals surface area contributed by atoms with E-state index in [9.17, 15) is 5.11 Å². The first kappa shape index (κ1) is 15.8. The molecule has 108 valence electrons. The zero-order valence-corrected chi connectivity index (χ0v) is 11.9. The van der Waals surface area contributed by atoms with Crippen LogP contribution >= 0.6 is 0 Å². The molecule has 0 saturated carbocycles. The average Bonchev–Trinajstić information content (AvgIpc) is 2.43. The SMILES string of the molecule is COc1ccc(O)c(C(C)NCCCCCCO)c1. The topological polar surface area (TPSA) is 61.7 Å². The van der Waals surface area contributed by atoms with E-state index in [-0.39, 0.29) is 12.6 Å². The van der Waals surface area contributed by atoms with E-state index < -0.39 is 0 Å². The van der Waals surface area contributed by atoms with Crippen LogP contribution in [0.4, 0.5) is 0 Å². The summed E-state index contributed by atoms with van der Waals surface area (Å²) in [5.74, 6) is 1.05. The van der Waals surface area contributed by atoms with E-state index >= 15 is 0 Å². The second-order valence-corrected chi connectivity index (χ2v) is 4.74. The lowest BCUT2D eigenvalue weighted by Gasteiger charge is -2.16. The fourth-order valence-corrected chi connectivity index (χ4v) is 2.03. The molecule has 1 aromatic rings. The summed E-state index contributed by atoms with van der Waals surface area (Å²) in [4.78, 5) is 0. The Labute approximate surface area is 115 Å². The molecule has 0 aromatic heterocycles. The molecule has 19 heavy (non-hydrogen) atoms. The summed E-state index contributed by atoms with van der Waals surface area (Å²) < 4.78 is 5.17. The summed E-state index contributed by atoms with van der Waals surface area (Å²) in [6.45, 7) is 3.22. The highest BCUT2D eigenvalue weighted by Crippen LogP contribution is 2.28. The van der Waals surface area contributed by atoms with Crippen molar-refractivity contribution in [3.05, 3.63) is 23.8 Å². The lowest BCUT2D eigenvalue weighted by Crippen LogP contribution is -2.20. The van der Waals surface area contributed by atoms with Gasteiger partial charge in [0, 0.05) is 18.2 Å². The molecular weight excluding hydrogens is 242 g/mol. The van der Waals surface area contributed by atoms with Crippen LogP contribution in [-0.4, -0.2) is 30.5 Å². The minimum atomic E-state index is 0.0907. The molecule has 3 N–H and O–H groups in total. The van der Waals surface area contributed by atoms with Crippen LogP contribution in [0.2, 0.25) is 0 Å². The predicted octanol–water partition coefficient (Wildman–Crippen LogP) is 2.60. The first-order chi connectivity index (χ1) is 9.19. The van der Waals surface area contributed by atoms with Crippen molar-refractivity contribution >= 4 is 0 Å². The minimum Gasteiger partial charge on any atom is -0.508 e. The second-order valence-electron chi connectivity index (χ2n) is 4.74. The van der Waals surface area contributed by atoms with Crippen LogP contribution in [0.15, 0.2) is 18.2 Å². The average molecular weight is 267 g/mol. The van der Waals surface area contributed by atoms with E-state index in [1.54, 1.807) is 19.2 Å². The number of methoxy groups -OCH3 is 1. The Hall–Kier alpha value is -1.26. The van der Waals surface area contributed by atoms with Crippen LogP contribution < -0.4 is 10.1 Å². The van der Waals surface area contributed by atoms with Gasteiger partial charge < -0.3 is 20.3 Å². The minimum absolute atomic E-state index is 0.0907. The normalized spacial score (nSPS) is 12.4. The number of ether oxygens (including phenoxy) is 1. The zero-order chi connectivity index (χ0) is 14.1. The first-order valence-electron chi connectivity index (χ1n) is 6.90. The van der Waals surface area contributed by atoms with Crippen molar-refractivity contribution in [1.29, 1.82) is 0 Å².